The van der Waals surface area contributed by atoms with Crippen LogP contribution in [0.3, 0.4) is 0 Å². The number of benzene rings is 2. The molecule has 2 aromatic rings. The summed E-state index contributed by atoms with van der Waals surface area (Å²) in [6, 6.07) is 11.2. The minimum atomic E-state index is -3.79. The molecular formula is C14H12FNO4S2. The Bertz CT molecular complexity index is 776. The zero-order chi connectivity index (χ0) is 16.2. The largest absolute Gasteiger partial charge is 0.478 e. The Morgan fingerprint density at radius 3 is 2.41 bits per heavy atom. The summed E-state index contributed by atoms with van der Waals surface area (Å²) in [6.07, 6.45) is 0. The molecule has 2 rings (SSSR count). The van der Waals surface area contributed by atoms with E-state index in [1.165, 1.54) is 48.5 Å². The van der Waals surface area contributed by atoms with Crippen LogP contribution in [-0.4, -0.2) is 19.5 Å². The van der Waals surface area contributed by atoms with E-state index in [-0.39, 0.29) is 17.0 Å². The minimum absolute atomic E-state index is 0.00149. The van der Waals surface area contributed by atoms with Crippen LogP contribution in [0.1, 0.15) is 15.9 Å². The SMILES string of the molecule is O=C(O)c1ccccc1NS(=O)(=O)SCc1ccc(F)cc1. The molecule has 0 amide bonds. The van der Waals surface area contributed by atoms with E-state index in [1.54, 1.807) is 0 Å². The summed E-state index contributed by atoms with van der Waals surface area (Å²) in [5, 5.41) is 9.02. The van der Waals surface area contributed by atoms with Crippen molar-refractivity contribution in [3.8, 4) is 0 Å². The van der Waals surface area contributed by atoms with E-state index in [4.69, 9.17) is 5.11 Å². The number of hydrogen-bond donors (Lipinski definition) is 2. The van der Waals surface area contributed by atoms with Gasteiger partial charge < -0.3 is 5.11 Å². The second kappa shape index (κ2) is 6.80. The molecule has 0 heterocycles. The summed E-state index contributed by atoms with van der Waals surface area (Å²) < 4.78 is 39.0. The molecule has 0 aliphatic rings. The fourth-order valence-electron chi connectivity index (χ4n) is 1.65. The van der Waals surface area contributed by atoms with E-state index < -0.39 is 20.8 Å². The van der Waals surface area contributed by atoms with Crippen molar-refractivity contribution in [3.05, 3.63) is 65.5 Å². The lowest BCUT2D eigenvalue weighted by Crippen LogP contribution is -2.12. The van der Waals surface area contributed by atoms with Crippen LogP contribution in [0.15, 0.2) is 48.5 Å². The highest BCUT2D eigenvalue weighted by molar-refractivity contribution is 8.72. The van der Waals surface area contributed by atoms with Gasteiger partial charge in [-0.1, -0.05) is 24.3 Å². The molecule has 0 saturated carbocycles. The molecule has 0 spiro atoms. The van der Waals surface area contributed by atoms with Crippen molar-refractivity contribution in [1.29, 1.82) is 0 Å². The molecule has 8 heteroatoms. The summed E-state index contributed by atoms with van der Waals surface area (Å²) in [7, 11) is -3.19. The van der Waals surface area contributed by atoms with Crippen molar-refractivity contribution in [1.82, 2.24) is 0 Å². The Hall–Kier alpha value is -2.06. The van der Waals surface area contributed by atoms with Crippen molar-refractivity contribution < 1.29 is 22.7 Å². The van der Waals surface area contributed by atoms with Crippen LogP contribution in [0, 0.1) is 5.82 Å². The maximum Gasteiger partial charge on any atom is 0.337 e. The molecule has 0 unspecified atom stereocenters. The van der Waals surface area contributed by atoms with Gasteiger partial charge in [0.25, 0.3) is 9.06 Å². The number of carboxylic acids is 1. The van der Waals surface area contributed by atoms with Crippen LogP contribution in [0.5, 0.6) is 0 Å². The third-order valence-corrected chi connectivity index (χ3v) is 5.45. The molecule has 0 atom stereocenters. The van der Waals surface area contributed by atoms with Gasteiger partial charge in [0.15, 0.2) is 0 Å². The van der Waals surface area contributed by atoms with Crippen molar-refractivity contribution >= 4 is 31.5 Å². The summed E-state index contributed by atoms with van der Waals surface area (Å²) in [5.74, 6) is -1.50. The normalized spacial score (nSPS) is 11.1. The van der Waals surface area contributed by atoms with E-state index in [1.807, 2.05) is 0 Å². The molecule has 0 aromatic heterocycles. The number of nitrogens with one attached hydrogen (secondary N) is 1. The van der Waals surface area contributed by atoms with Crippen molar-refractivity contribution in [2.75, 3.05) is 4.72 Å². The first kappa shape index (κ1) is 16.3. The fourth-order valence-corrected chi connectivity index (χ4v) is 3.96. The molecule has 0 aliphatic carbocycles. The number of para-hydroxylation sites is 1. The first-order valence-corrected chi connectivity index (χ1v) is 9.10. The lowest BCUT2D eigenvalue weighted by molar-refractivity contribution is 0.0698. The average molecular weight is 341 g/mol. The van der Waals surface area contributed by atoms with Gasteiger partial charge in [-0.3, -0.25) is 4.72 Å². The van der Waals surface area contributed by atoms with Crippen LogP contribution >= 0.6 is 10.8 Å². The monoisotopic (exact) mass is 341 g/mol. The quantitative estimate of drug-likeness (QED) is 0.789. The topological polar surface area (TPSA) is 83.5 Å². The Morgan fingerprint density at radius 2 is 1.77 bits per heavy atom. The third-order valence-electron chi connectivity index (χ3n) is 2.69. The highest BCUT2D eigenvalue weighted by Gasteiger charge is 2.16. The van der Waals surface area contributed by atoms with Crippen LogP contribution in [0.2, 0.25) is 0 Å². The van der Waals surface area contributed by atoms with Crippen LogP contribution < -0.4 is 4.72 Å². The van der Waals surface area contributed by atoms with Crippen molar-refractivity contribution in [2.24, 2.45) is 0 Å². The van der Waals surface area contributed by atoms with Gasteiger partial charge in [0.05, 0.1) is 11.3 Å². The van der Waals surface area contributed by atoms with Gasteiger partial charge in [0, 0.05) is 5.75 Å². The van der Waals surface area contributed by atoms with E-state index in [2.05, 4.69) is 4.72 Å². The molecule has 0 saturated heterocycles. The number of carboxylic acid groups (broad SMARTS) is 1. The molecule has 22 heavy (non-hydrogen) atoms. The maximum atomic E-state index is 12.8. The third kappa shape index (κ3) is 4.47. The predicted octanol–water partition coefficient (Wildman–Crippen LogP) is 3.11. The Labute approximate surface area is 130 Å². The first-order chi connectivity index (χ1) is 10.4. The molecular weight excluding hydrogens is 329 g/mol. The summed E-state index contributed by atoms with van der Waals surface area (Å²) in [5.41, 5.74) is 0.512. The Balaban J connectivity index is 2.08. The van der Waals surface area contributed by atoms with Gasteiger partial charge in [-0.15, -0.1) is 0 Å². The molecule has 0 bridgehead atoms. The number of aromatic carboxylic acids is 1. The van der Waals surface area contributed by atoms with Gasteiger partial charge in [-0.2, -0.15) is 8.42 Å². The van der Waals surface area contributed by atoms with Gasteiger partial charge in [-0.25, -0.2) is 9.18 Å². The molecule has 0 aliphatic heterocycles. The van der Waals surface area contributed by atoms with Gasteiger partial charge in [0.2, 0.25) is 0 Å². The zero-order valence-corrected chi connectivity index (χ0v) is 12.8. The van der Waals surface area contributed by atoms with E-state index in [0.29, 0.717) is 16.4 Å². The van der Waals surface area contributed by atoms with Gasteiger partial charge in [-0.05, 0) is 40.6 Å². The second-order valence-corrected chi connectivity index (χ2v) is 7.96. The molecule has 0 radical (unpaired) electrons. The summed E-state index contributed by atoms with van der Waals surface area (Å²) >= 11 is 0. The van der Waals surface area contributed by atoms with Crippen molar-refractivity contribution in [2.45, 2.75) is 5.75 Å². The average Bonchev–Trinajstić information content (AvgIpc) is 2.46. The fraction of sp³-hybridized carbons (Fsp3) is 0.0714. The first-order valence-electron chi connectivity index (χ1n) is 6.11. The van der Waals surface area contributed by atoms with Gasteiger partial charge in [0.1, 0.15) is 5.82 Å². The van der Waals surface area contributed by atoms with E-state index in [0.717, 1.165) is 0 Å². The number of hydrogen-bond acceptors (Lipinski definition) is 4. The van der Waals surface area contributed by atoms with Crippen LogP contribution in [-0.2, 0) is 14.8 Å². The Morgan fingerprint density at radius 1 is 1.14 bits per heavy atom. The van der Waals surface area contributed by atoms with Crippen LogP contribution in [0.4, 0.5) is 10.1 Å². The standard InChI is InChI=1S/C14H12FNO4S2/c15-11-7-5-10(6-8-11)9-21-22(19,20)16-13-4-2-1-3-12(13)14(17)18/h1-8,16H,9H2,(H,17,18). The number of carbonyl (C=O) groups is 1. The Kier molecular flexibility index (Phi) is 5.04. The predicted molar refractivity (Wildman–Crippen MR) is 83.6 cm³/mol. The lowest BCUT2D eigenvalue weighted by atomic mass is 10.2. The molecule has 116 valence electrons. The number of rotatable bonds is 6. The minimum Gasteiger partial charge on any atom is -0.478 e. The zero-order valence-electron chi connectivity index (χ0n) is 11.2. The number of halogens is 1. The lowest BCUT2D eigenvalue weighted by Gasteiger charge is -2.09. The van der Waals surface area contributed by atoms with E-state index >= 15 is 0 Å². The highest BCUT2D eigenvalue weighted by Crippen LogP contribution is 2.24. The summed E-state index contributed by atoms with van der Waals surface area (Å²) in [4.78, 5) is 11.0. The highest BCUT2D eigenvalue weighted by atomic mass is 33.1. The molecule has 5 nitrogen and oxygen atoms in total. The molecule has 2 N–H and O–H groups in total. The maximum absolute atomic E-state index is 12.8. The summed E-state index contributed by atoms with van der Waals surface area (Å²) in [6.45, 7) is 0. The number of anilines is 1. The van der Waals surface area contributed by atoms with Crippen LogP contribution in [0.25, 0.3) is 0 Å². The molecule has 2 aromatic carbocycles. The molecule has 0 fully saturated rings. The van der Waals surface area contributed by atoms with E-state index in [9.17, 15) is 17.6 Å². The van der Waals surface area contributed by atoms with Crippen molar-refractivity contribution in [3.63, 3.8) is 0 Å². The van der Waals surface area contributed by atoms with Gasteiger partial charge >= 0.3 is 5.97 Å². The smallest absolute Gasteiger partial charge is 0.337 e. The second-order valence-electron chi connectivity index (χ2n) is 4.30.